The van der Waals surface area contributed by atoms with Crippen LogP contribution in [0.5, 0.6) is 11.5 Å². The van der Waals surface area contributed by atoms with Gasteiger partial charge in [0.05, 0.1) is 27.9 Å². The van der Waals surface area contributed by atoms with E-state index in [1.165, 1.54) is 19.2 Å². The van der Waals surface area contributed by atoms with Crippen molar-refractivity contribution in [3.8, 4) is 11.5 Å². The van der Waals surface area contributed by atoms with E-state index in [0.717, 1.165) is 11.1 Å². The van der Waals surface area contributed by atoms with Gasteiger partial charge in [0.2, 0.25) is 0 Å². The SMILES string of the molecule is COC(=O)CN(CC=Cc1ccc(OC)c(OC)c1)Cc1ccc(F)cc1. The molecule has 0 unspecified atom stereocenters. The molecular formula is C21H24FNO4. The molecule has 144 valence electrons. The molecule has 0 N–H and O–H groups in total. The first-order valence-corrected chi connectivity index (χ1v) is 8.48. The first kappa shape index (κ1) is 20.5. The fourth-order valence-corrected chi connectivity index (χ4v) is 2.57. The predicted molar refractivity (Wildman–Crippen MR) is 102 cm³/mol. The Labute approximate surface area is 159 Å². The second-order valence-corrected chi connectivity index (χ2v) is 5.89. The minimum atomic E-state index is -0.323. The molecule has 0 aliphatic rings. The van der Waals surface area contributed by atoms with Crippen molar-refractivity contribution in [2.45, 2.75) is 6.54 Å². The summed E-state index contributed by atoms with van der Waals surface area (Å²) in [5.41, 5.74) is 1.87. The summed E-state index contributed by atoms with van der Waals surface area (Å²) in [6.07, 6.45) is 3.89. The summed E-state index contributed by atoms with van der Waals surface area (Å²) in [5.74, 6) is 0.707. The van der Waals surface area contributed by atoms with E-state index in [9.17, 15) is 9.18 Å². The number of hydrogen-bond donors (Lipinski definition) is 0. The lowest BCUT2D eigenvalue weighted by atomic mass is 10.1. The molecule has 0 aromatic heterocycles. The molecule has 0 spiro atoms. The van der Waals surface area contributed by atoms with E-state index in [1.807, 2.05) is 35.3 Å². The van der Waals surface area contributed by atoms with Crippen molar-refractivity contribution in [2.75, 3.05) is 34.4 Å². The van der Waals surface area contributed by atoms with Gasteiger partial charge >= 0.3 is 5.97 Å². The van der Waals surface area contributed by atoms with Gasteiger partial charge in [0.25, 0.3) is 0 Å². The highest BCUT2D eigenvalue weighted by Crippen LogP contribution is 2.27. The third-order valence-corrected chi connectivity index (χ3v) is 3.98. The number of hydrogen-bond acceptors (Lipinski definition) is 5. The maximum atomic E-state index is 13.1. The van der Waals surface area contributed by atoms with Crippen molar-refractivity contribution in [3.63, 3.8) is 0 Å². The summed E-state index contributed by atoms with van der Waals surface area (Å²) >= 11 is 0. The zero-order valence-electron chi connectivity index (χ0n) is 15.8. The Kier molecular flexibility index (Phi) is 7.82. The molecule has 2 aromatic rings. The lowest BCUT2D eigenvalue weighted by molar-refractivity contribution is -0.141. The summed E-state index contributed by atoms with van der Waals surface area (Å²) < 4.78 is 28.4. The summed E-state index contributed by atoms with van der Waals surface area (Å²) in [6, 6.07) is 11.9. The highest BCUT2D eigenvalue weighted by atomic mass is 19.1. The standard InChI is InChI=1S/C21H24FNO4/c1-25-19-11-8-16(13-20(19)26-2)5-4-12-23(15-21(24)27-3)14-17-6-9-18(22)10-7-17/h4-11,13H,12,14-15H2,1-3H3. The Morgan fingerprint density at radius 3 is 2.37 bits per heavy atom. The summed E-state index contributed by atoms with van der Waals surface area (Å²) in [5, 5.41) is 0. The van der Waals surface area contributed by atoms with Crippen LogP contribution in [-0.2, 0) is 16.1 Å². The van der Waals surface area contributed by atoms with Crippen LogP contribution in [0.4, 0.5) is 4.39 Å². The third-order valence-electron chi connectivity index (χ3n) is 3.98. The van der Waals surface area contributed by atoms with Crippen LogP contribution in [0.25, 0.3) is 6.08 Å². The molecular weight excluding hydrogens is 349 g/mol. The second kappa shape index (κ2) is 10.3. The summed E-state index contributed by atoms with van der Waals surface area (Å²) in [6.45, 7) is 1.18. The molecule has 0 atom stereocenters. The maximum Gasteiger partial charge on any atom is 0.319 e. The largest absolute Gasteiger partial charge is 0.493 e. The quantitative estimate of drug-likeness (QED) is 0.630. The molecule has 0 saturated heterocycles. The zero-order valence-corrected chi connectivity index (χ0v) is 15.8. The summed E-state index contributed by atoms with van der Waals surface area (Å²) in [4.78, 5) is 13.6. The minimum absolute atomic E-state index is 0.143. The topological polar surface area (TPSA) is 48.0 Å². The first-order valence-electron chi connectivity index (χ1n) is 8.48. The van der Waals surface area contributed by atoms with Crippen LogP contribution >= 0.6 is 0 Å². The molecule has 2 rings (SSSR count). The van der Waals surface area contributed by atoms with Crippen molar-refractivity contribution < 1.29 is 23.4 Å². The van der Waals surface area contributed by atoms with Crippen LogP contribution in [0, 0.1) is 5.82 Å². The van der Waals surface area contributed by atoms with Gasteiger partial charge in [-0.3, -0.25) is 9.69 Å². The van der Waals surface area contributed by atoms with Gasteiger partial charge in [-0.05, 0) is 35.4 Å². The molecule has 0 fully saturated rings. The average molecular weight is 373 g/mol. The summed E-state index contributed by atoms with van der Waals surface area (Å²) in [7, 11) is 4.54. The number of halogens is 1. The number of rotatable bonds is 9. The molecule has 0 heterocycles. The van der Waals surface area contributed by atoms with Crippen molar-refractivity contribution >= 4 is 12.0 Å². The molecule has 5 nitrogen and oxygen atoms in total. The second-order valence-electron chi connectivity index (χ2n) is 5.89. The number of methoxy groups -OCH3 is 3. The normalized spacial score (nSPS) is 11.0. The Morgan fingerprint density at radius 2 is 1.74 bits per heavy atom. The fourth-order valence-electron chi connectivity index (χ4n) is 2.57. The molecule has 0 bridgehead atoms. The lowest BCUT2D eigenvalue weighted by Gasteiger charge is -2.19. The van der Waals surface area contributed by atoms with E-state index in [-0.39, 0.29) is 18.3 Å². The van der Waals surface area contributed by atoms with Crippen molar-refractivity contribution in [1.82, 2.24) is 4.90 Å². The van der Waals surface area contributed by atoms with Gasteiger partial charge in [0, 0.05) is 13.1 Å². The van der Waals surface area contributed by atoms with Crippen LogP contribution in [0.3, 0.4) is 0 Å². The molecule has 0 radical (unpaired) electrons. The van der Waals surface area contributed by atoms with Crippen molar-refractivity contribution in [2.24, 2.45) is 0 Å². The van der Waals surface area contributed by atoms with E-state index >= 15 is 0 Å². The van der Waals surface area contributed by atoms with Crippen LogP contribution in [0.2, 0.25) is 0 Å². The zero-order chi connectivity index (χ0) is 19.6. The maximum absolute atomic E-state index is 13.1. The van der Waals surface area contributed by atoms with Gasteiger partial charge in [-0.15, -0.1) is 0 Å². The van der Waals surface area contributed by atoms with Gasteiger partial charge in [-0.25, -0.2) is 4.39 Å². The van der Waals surface area contributed by atoms with Crippen LogP contribution in [0.1, 0.15) is 11.1 Å². The van der Waals surface area contributed by atoms with Gasteiger partial charge in [0.1, 0.15) is 5.82 Å². The average Bonchev–Trinajstić information content (AvgIpc) is 2.69. The molecule has 2 aromatic carbocycles. The molecule has 6 heteroatoms. The van der Waals surface area contributed by atoms with Gasteiger partial charge in [-0.1, -0.05) is 30.4 Å². The van der Waals surface area contributed by atoms with E-state index in [4.69, 9.17) is 14.2 Å². The molecule has 0 amide bonds. The van der Waals surface area contributed by atoms with Crippen LogP contribution in [-0.4, -0.2) is 45.3 Å². The van der Waals surface area contributed by atoms with Crippen molar-refractivity contribution in [1.29, 1.82) is 0 Å². The van der Waals surface area contributed by atoms with Crippen LogP contribution in [0.15, 0.2) is 48.5 Å². The Balaban J connectivity index is 2.06. The van der Waals surface area contributed by atoms with E-state index in [1.54, 1.807) is 26.4 Å². The predicted octanol–water partition coefficient (Wildman–Crippen LogP) is 3.53. The first-order chi connectivity index (χ1) is 13.0. The Hall–Kier alpha value is -2.86. The van der Waals surface area contributed by atoms with Crippen molar-refractivity contribution in [3.05, 3.63) is 65.5 Å². The fraction of sp³-hybridized carbons (Fsp3) is 0.286. The van der Waals surface area contributed by atoms with E-state index in [2.05, 4.69) is 0 Å². The number of carbonyl (C=O) groups is 1. The Morgan fingerprint density at radius 1 is 1.04 bits per heavy atom. The Bertz CT molecular complexity index is 774. The molecule has 0 saturated carbocycles. The highest BCUT2D eigenvalue weighted by Gasteiger charge is 2.11. The van der Waals surface area contributed by atoms with Crippen LogP contribution < -0.4 is 9.47 Å². The monoisotopic (exact) mass is 373 g/mol. The van der Waals surface area contributed by atoms with E-state index in [0.29, 0.717) is 24.6 Å². The molecule has 27 heavy (non-hydrogen) atoms. The number of ether oxygens (including phenoxy) is 3. The minimum Gasteiger partial charge on any atom is -0.493 e. The number of carbonyl (C=O) groups excluding carboxylic acids is 1. The third kappa shape index (κ3) is 6.42. The lowest BCUT2D eigenvalue weighted by Crippen LogP contribution is -2.30. The van der Waals surface area contributed by atoms with Gasteiger partial charge in [0.15, 0.2) is 11.5 Å². The molecule has 0 aliphatic carbocycles. The number of nitrogens with zero attached hydrogens (tertiary/aromatic N) is 1. The highest BCUT2D eigenvalue weighted by molar-refractivity contribution is 5.71. The van der Waals surface area contributed by atoms with E-state index < -0.39 is 0 Å². The number of benzene rings is 2. The van der Waals surface area contributed by atoms with Gasteiger partial charge < -0.3 is 14.2 Å². The molecule has 0 aliphatic heterocycles. The number of esters is 1. The smallest absolute Gasteiger partial charge is 0.319 e. The van der Waals surface area contributed by atoms with Gasteiger partial charge in [-0.2, -0.15) is 0 Å².